The van der Waals surface area contributed by atoms with Gasteiger partial charge in [0.1, 0.15) is 5.60 Å². The lowest BCUT2D eigenvalue weighted by Gasteiger charge is -2.39. The minimum absolute atomic E-state index is 0.180. The highest BCUT2D eigenvalue weighted by molar-refractivity contribution is 5.78. The number of hydrogen-bond donors (Lipinski definition) is 1. The van der Waals surface area contributed by atoms with Crippen molar-refractivity contribution >= 4 is 5.97 Å². The molecule has 0 saturated carbocycles. The molecule has 0 spiro atoms. The molecule has 1 N–H and O–H groups in total. The Morgan fingerprint density at radius 3 is 2.44 bits per heavy atom. The lowest BCUT2D eigenvalue weighted by atomic mass is 9.69. The van der Waals surface area contributed by atoms with Crippen molar-refractivity contribution in [2.45, 2.75) is 51.7 Å². The molecule has 1 aliphatic rings. The van der Waals surface area contributed by atoms with E-state index >= 15 is 0 Å². The fourth-order valence-electron chi connectivity index (χ4n) is 2.36. The fourth-order valence-corrected chi connectivity index (χ4v) is 2.36. The van der Waals surface area contributed by atoms with Crippen LogP contribution in [0.4, 0.5) is 0 Å². The first kappa shape index (κ1) is 13.5. The molecule has 1 aliphatic heterocycles. The van der Waals surface area contributed by atoms with Crippen molar-refractivity contribution in [2.24, 2.45) is 5.41 Å². The summed E-state index contributed by atoms with van der Waals surface area (Å²) in [5.41, 5.74) is -2.44. The number of aliphatic hydroxyl groups is 1. The summed E-state index contributed by atoms with van der Waals surface area (Å²) >= 11 is 0. The summed E-state index contributed by atoms with van der Waals surface area (Å²) in [5.74, 6) is -0.376. The van der Waals surface area contributed by atoms with Crippen LogP contribution in [-0.2, 0) is 14.3 Å². The van der Waals surface area contributed by atoms with Crippen molar-refractivity contribution in [3.05, 3.63) is 0 Å². The third-order valence-electron chi connectivity index (χ3n) is 3.79. The van der Waals surface area contributed by atoms with E-state index in [1.54, 1.807) is 6.92 Å². The van der Waals surface area contributed by atoms with Crippen molar-refractivity contribution in [3.8, 4) is 0 Å². The van der Waals surface area contributed by atoms with Crippen molar-refractivity contribution in [1.82, 2.24) is 0 Å². The Hall–Kier alpha value is -0.610. The van der Waals surface area contributed by atoms with E-state index in [-0.39, 0.29) is 18.2 Å². The summed E-state index contributed by atoms with van der Waals surface area (Å²) < 4.78 is 10.3. The molecule has 4 nitrogen and oxygen atoms in total. The molecule has 0 amide bonds. The Morgan fingerprint density at radius 1 is 1.56 bits per heavy atom. The number of ether oxygens (including phenoxy) is 2. The van der Waals surface area contributed by atoms with Crippen LogP contribution in [0.1, 0.15) is 40.5 Å². The van der Waals surface area contributed by atoms with Gasteiger partial charge in [0.25, 0.3) is 0 Å². The van der Waals surface area contributed by atoms with Gasteiger partial charge in [0, 0.05) is 6.42 Å². The SMILES string of the molecule is CCC(C)(C(=O)OC)C1(O)COC(C)(C)C1. The first-order valence-corrected chi connectivity index (χ1v) is 5.65. The normalized spacial score (nSPS) is 32.1. The number of carbonyl (C=O) groups is 1. The molecule has 0 aliphatic carbocycles. The van der Waals surface area contributed by atoms with Gasteiger partial charge in [-0.2, -0.15) is 0 Å². The van der Waals surface area contributed by atoms with E-state index in [0.717, 1.165) is 0 Å². The summed E-state index contributed by atoms with van der Waals surface area (Å²) in [6, 6.07) is 0. The quantitative estimate of drug-likeness (QED) is 0.747. The van der Waals surface area contributed by atoms with Gasteiger partial charge in [0.05, 0.1) is 24.7 Å². The van der Waals surface area contributed by atoms with E-state index in [0.29, 0.717) is 12.8 Å². The number of hydrogen-bond acceptors (Lipinski definition) is 4. The monoisotopic (exact) mass is 230 g/mol. The van der Waals surface area contributed by atoms with Gasteiger partial charge in [-0.15, -0.1) is 0 Å². The van der Waals surface area contributed by atoms with Crippen LogP contribution in [0.3, 0.4) is 0 Å². The molecule has 2 unspecified atom stereocenters. The molecule has 0 bridgehead atoms. The Kier molecular flexibility index (Phi) is 3.37. The van der Waals surface area contributed by atoms with Gasteiger partial charge in [0.2, 0.25) is 0 Å². The number of methoxy groups -OCH3 is 1. The zero-order chi connectivity index (χ0) is 12.6. The van der Waals surface area contributed by atoms with Gasteiger partial charge in [-0.1, -0.05) is 6.92 Å². The van der Waals surface area contributed by atoms with E-state index in [9.17, 15) is 9.90 Å². The highest BCUT2D eigenvalue weighted by Gasteiger charge is 2.58. The number of esters is 1. The smallest absolute Gasteiger partial charge is 0.314 e. The zero-order valence-electron chi connectivity index (χ0n) is 10.8. The van der Waals surface area contributed by atoms with Gasteiger partial charge >= 0.3 is 5.97 Å². The van der Waals surface area contributed by atoms with Gasteiger partial charge in [-0.05, 0) is 27.2 Å². The summed E-state index contributed by atoms with van der Waals surface area (Å²) in [6.45, 7) is 7.62. The van der Waals surface area contributed by atoms with Crippen molar-refractivity contribution in [3.63, 3.8) is 0 Å². The second-order valence-electron chi connectivity index (χ2n) is 5.43. The largest absolute Gasteiger partial charge is 0.469 e. The molecule has 1 heterocycles. The predicted octanol–water partition coefficient (Wildman–Crippen LogP) is 1.51. The number of carbonyl (C=O) groups excluding carboxylic acids is 1. The summed E-state index contributed by atoms with van der Waals surface area (Å²) in [5, 5.41) is 10.6. The van der Waals surface area contributed by atoms with Crippen molar-refractivity contribution in [1.29, 1.82) is 0 Å². The first-order chi connectivity index (χ1) is 7.21. The molecule has 1 fully saturated rings. The van der Waals surface area contributed by atoms with Crippen molar-refractivity contribution in [2.75, 3.05) is 13.7 Å². The van der Waals surface area contributed by atoms with Crippen LogP contribution in [-0.4, -0.2) is 36.0 Å². The van der Waals surface area contributed by atoms with Crippen LogP contribution >= 0.6 is 0 Å². The molecule has 2 atom stereocenters. The van der Waals surface area contributed by atoms with Crippen LogP contribution in [0, 0.1) is 5.41 Å². The molecular formula is C12H22O4. The van der Waals surface area contributed by atoms with E-state index in [4.69, 9.17) is 9.47 Å². The maximum Gasteiger partial charge on any atom is 0.314 e. The maximum absolute atomic E-state index is 11.8. The lowest BCUT2D eigenvalue weighted by Crippen LogP contribution is -2.52. The number of rotatable bonds is 3. The third kappa shape index (κ3) is 1.96. The molecule has 0 aromatic heterocycles. The summed E-state index contributed by atoms with van der Waals surface area (Å²) in [7, 11) is 1.35. The molecule has 94 valence electrons. The summed E-state index contributed by atoms with van der Waals surface area (Å²) in [6.07, 6.45) is 0.967. The second-order valence-corrected chi connectivity index (χ2v) is 5.43. The Bertz CT molecular complexity index is 287. The maximum atomic E-state index is 11.8. The standard InChI is InChI=1S/C12H22O4/c1-6-11(4,9(13)15-5)12(14)7-10(2,3)16-8-12/h14H,6-8H2,1-5H3. The second kappa shape index (κ2) is 4.00. The Labute approximate surface area is 96.9 Å². The molecule has 4 heteroatoms. The van der Waals surface area contributed by atoms with E-state index < -0.39 is 11.0 Å². The van der Waals surface area contributed by atoms with Crippen LogP contribution in [0.25, 0.3) is 0 Å². The predicted molar refractivity (Wildman–Crippen MR) is 60.0 cm³/mol. The zero-order valence-corrected chi connectivity index (χ0v) is 10.8. The van der Waals surface area contributed by atoms with Crippen LogP contribution in [0.15, 0.2) is 0 Å². The van der Waals surface area contributed by atoms with Crippen LogP contribution in [0.5, 0.6) is 0 Å². The average Bonchev–Trinajstić information content (AvgIpc) is 2.51. The molecular weight excluding hydrogens is 208 g/mol. The molecule has 0 radical (unpaired) electrons. The topological polar surface area (TPSA) is 55.8 Å². The van der Waals surface area contributed by atoms with E-state index in [2.05, 4.69) is 0 Å². The minimum Gasteiger partial charge on any atom is -0.469 e. The minimum atomic E-state index is -1.14. The average molecular weight is 230 g/mol. The molecule has 1 saturated heterocycles. The Morgan fingerprint density at radius 2 is 2.12 bits per heavy atom. The third-order valence-corrected chi connectivity index (χ3v) is 3.79. The van der Waals surface area contributed by atoms with Crippen LogP contribution < -0.4 is 0 Å². The van der Waals surface area contributed by atoms with Gasteiger partial charge < -0.3 is 14.6 Å². The molecule has 0 aromatic carbocycles. The van der Waals surface area contributed by atoms with E-state index in [1.807, 2.05) is 20.8 Å². The highest BCUT2D eigenvalue weighted by Crippen LogP contribution is 2.46. The van der Waals surface area contributed by atoms with Gasteiger partial charge in [-0.25, -0.2) is 0 Å². The molecule has 0 aromatic rings. The van der Waals surface area contributed by atoms with Gasteiger partial charge in [-0.3, -0.25) is 4.79 Å². The molecule has 1 rings (SSSR count). The molecule has 16 heavy (non-hydrogen) atoms. The van der Waals surface area contributed by atoms with Crippen LogP contribution in [0.2, 0.25) is 0 Å². The first-order valence-electron chi connectivity index (χ1n) is 5.65. The van der Waals surface area contributed by atoms with Crippen molar-refractivity contribution < 1.29 is 19.4 Å². The lowest BCUT2D eigenvalue weighted by molar-refractivity contribution is -0.171. The summed E-state index contributed by atoms with van der Waals surface area (Å²) in [4.78, 5) is 11.8. The highest BCUT2D eigenvalue weighted by atomic mass is 16.5. The Balaban J connectivity index is 3.01. The fraction of sp³-hybridized carbons (Fsp3) is 0.917. The van der Waals surface area contributed by atoms with Gasteiger partial charge in [0.15, 0.2) is 0 Å². The van der Waals surface area contributed by atoms with E-state index in [1.165, 1.54) is 7.11 Å².